The highest BCUT2D eigenvalue weighted by Gasteiger charge is 2.20. The zero-order valence-electron chi connectivity index (χ0n) is 12.5. The van der Waals surface area contributed by atoms with Crippen LogP contribution in [-0.2, 0) is 20.8 Å². The molecule has 0 bridgehead atoms. The van der Waals surface area contributed by atoms with E-state index in [2.05, 4.69) is 4.90 Å². The predicted octanol–water partition coefficient (Wildman–Crippen LogP) is 1.94. The number of rotatable bonds is 7. The minimum Gasteiger partial charge on any atom is -0.508 e. The van der Waals surface area contributed by atoms with E-state index in [1.807, 2.05) is 12.1 Å². The summed E-state index contributed by atoms with van der Waals surface area (Å²) >= 11 is 0. The lowest BCUT2D eigenvalue weighted by atomic mass is 10.1. The number of esters is 1. The largest absolute Gasteiger partial charge is 0.508 e. The van der Waals surface area contributed by atoms with Crippen LogP contribution in [0.4, 0.5) is 0 Å². The zero-order chi connectivity index (χ0) is 15.1. The number of phenolic OH excluding ortho intramolecular Hbond substituents is 1. The molecule has 1 saturated heterocycles. The third kappa shape index (κ3) is 5.36. The van der Waals surface area contributed by atoms with Crippen molar-refractivity contribution in [3.05, 3.63) is 29.8 Å². The van der Waals surface area contributed by atoms with Crippen molar-refractivity contribution in [3.8, 4) is 5.75 Å². The van der Waals surface area contributed by atoms with Gasteiger partial charge in [-0.1, -0.05) is 12.1 Å². The van der Waals surface area contributed by atoms with Crippen molar-refractivity contribution >= 4 is 5.97 Å². The molecule has 0 amide bonds. The van der Waals surface area contributed by atoms with Crippen molar-refractivity contribution in [2.75, 3.05) is 26.8 Å². The molecule has 0 radical (unpaired) electrons. The summed E-state index contributed by atoms with van der Waals surface area (Å²) in [6.07, 6.45) is 2.76. The number of hydrogen-bond acceptors (Lipinski definition) is 5. The Morgan fingerprint density at radius 3 is 3.05 bits per heavy atom. The maximum absolute atomic E-state index is 11.3. The maximum Gasteiger partial charge on any atom is 0.306 e. The van der Waals surface area contributed by atoms with Crippen LogP contribution in [0, 0.1) is 0 Å². The molecule has 1 aliphatic rings. The van der Waals surface area contributed by atoms with E-state index >= 15 is 0 Å². The lowest BCUT2D eigenvalue weighted by molar-refractivity contribution is -0.141. The summed E-state index contributed by atoms with van der Waals surface area (Å²) in [5.41, 5.74) is 1.03. The summed E-state index contributed by atoms with van der Waals surface area (Å²) in [6.45, 7) is 2.93. The molecule has 5 nitrogen and oxygen atoms in total. The fourth-order valence-corrected chi connectivity index (χ4v) is 2.58. The number of carbonyl (C=O) groups excluding carboxylic acids is 1. The molecule has 2 rings (SSSR count). The molecule has 1 N–H and O–H groups in total. The van der Waals surface area contributed by atoms with Crippen LogP contribution in [0.1, 0.15) is 24.8 Å². The quantitative estimate of drug-likeness (QED) is 0.779. The summed E-state index contributed by atoms with van der Waals surface area (Å²) < 4.78 is 10.4. The van der Waals surface area contributed by atoms with Gasteiger partial charge in [0.15, 0.2) is 0 Å². The Hall–Kier alpha value is -1.59. The Morgan fingerprint density at radius 2 is 2.38 bits per heavy atom. The molecule has 21 heavy (non-hydrogen) atoms. The first-order chi connectivity index (χ1) is 10.2. The zero-order valence-corrected chi connectivity index (χ0v) is 12.5. The number of aromatic hydroxyl groups is 1. The molecular weight excluding hydrogens is 270 g/mol. The molecule has 0 saturated carbocycles. The van der Waals surface area contributed by atoms with Gasteiger partial charge in [-0.2, -0.15) is 0 Å². The molecule has 0 spiro atoms. The molecule has 1 aromatic carbocycles. The topological polar surface area (TPSA) is 59.0 Å². The lowest BCUT2D eigenvalue weighted by Crippen LogP contribution is -2.33. The van der Waals surface area contributed by atoms with Gasteiger partial charge in [-0.3, -0.25) is 9.69 Å². The van der Waals surface area contributed by atoms with E-state index < -0.39 is 0 Å². The average Bonchev–Trinajstić information content (AvgIpc) is 2.97. The monoisotopic (exact) mass is 293 g/mol. The average molecular weight is 293 g/mol. The van der Waals surface area contributed by atoms with Crippen LogP contribution in [0.3, 0.4) is 0 Å². The van der Waals surface area contributed by atoms with E-state index in [1.54, 1.807) is 12.1 Å². The SMILES string of the molecule is COC(=O)CCN(Cc1cccc(O)c1)CC1CCCO1. The molecule has 1 aromatic rings. The first-order valence-electron chi connectivity index (χ1n) is 7.36. The molecule has 0 aromatic heterocycles. The van der Waals surface area contributed by atoms with Gasteiger partial charge in [0, 0.05) is 26.2 Å². The lowest BCUT2D eigenvalue weighted by Gasteiger charge is -2.25. The van der Waals surface area contributed by atoms with Gasteiger partial charge in [-0.25, -0.2) is 0 Å². The van der Waals surface area contributed by atoms with E-state index in [1.165, 1.54) is 7.11 Å². The van der Waals surface area contributed by atoms with Crippen LogP contribution in [0.15, 0.2) is 24.3 Å². The van der Waals surface area contributed by atoms with Gasteiger partial charge in [0.25, 0.3) is 0 Å². The van der Waals surface area contributed by atoms with Gasteiger partial charge >= 0.3 is 5.97 Å². The van der Waals surface area contributed by atoms with E-state index in [0.717, 1.165) is 31.6 Å². The number of nitrogens with zero attached hydrogens (tertiary/aromatic N) is 1. The number of methoxy groups -OCH3 is 1. The Kier molecular flexibility index (Phi) is 6.02. The van der Waals surface area contributed by atoms with Crippen molar-refractivity contribution in [1.29, 1.82) is 0 Å². The third-order valence-electron chi connectivity index (χ3n) is 3.66. The summed E-state index contributed by atoms with van der Waals surface area (Å²) in [4.78, 5) is 13.5. The first kappa shape index (κ1) is 15.8. The molecule has 116 valence electrons. The Morgan fingerprint density at radius 1 is 1.52 bits per heavy atom. The minimum absolute atomic E-state index is 0.205. The number of phenols is 1. The van der Waals surface area contributed by atoms with Gasteiger partial charge in [-0.05, 0) is 30.5 Å². The summed E-state index contributed by atoms with van der Waals surface area (Å²) in [7, 11) is 1.40. The van der Waals surface area contributed by atoms with Crippen LogP contribution in [0.25, 0.3) is 0 Å². The second-order valence-electron chi connectivity index (χ2n) is 5.37. The van der Waals surface area contributed by atoms with Crippen LogP contribution >= 0.6 is 0 Å². The first-order valence-corrected chi connectivity index (χ1v) is 7.36. The highest BCUT2D eigenvalue weighted by Crippen LogP contribution is 2.17. The van der Waals surface area contributed by atoms with Crippen molar-refractivity contribution in [2.24, 2.45) is 0 Å². The number of ether oxygens (including phenoxy) is 2. The highest BCUT2D eigenvalue weighted by molar-refractivity contribution is 5.69. The summed E-state index contributed by atoms with van der Waals surface area (Å²) in [5.74, 6) is 0.0563. The van der Waals surface area contributed by atoms with E-state index in [4.69, 9.17) is 9.47 Å². The minimum atomic E-state index is -0.205. The fraction of sp³-hybridized carbons (Fsp3) is 0.562. The second-order valence-corrected chi connectivity index (χ2v) is 5.37. The standard InChI is InChI=1S/C16H23NO4/c1-20-16(19)7-8-17(12-15-6-3-9-21-15)11-13-4-2-5-14(18)10-13/h2,4-5,10,15,18H,3,6-9,11-12H2,1H3. The third-order valence-corrected chi connectivity index (χ3v) is 3.66. The van der Waals surface area contributed by atoms with Gasteiger partial charge in [0.1, 0.15) is 5.75 Å². The summed E-state index contributed by atoms with van der Waals surface area (Å²) in [5, 5.41) is 9.55. The number of hydrogen-bond donors (Lipinski definition) is 1. The maximum atomic E-state index is 11.3. The molecule has 1 fully saturated rings. The number of carbonyl (C=O) groups is 1. The van der Waals surface area contributed by atoms with E-state index in [-0.39, 0.29) is 17.8 Å². The number of benzene rings is 1. The Bertz CT molecular complexity index is 457. The van der Waals surface area contributed by atoms with Crippen LogP contribution < -0.4 is 0 Å². The van der Waals surface area contributed by atoms with E-state index in [0.29, 0.717) is 19.5 Å². The van der Waals surface area contributed by atoms with Gasteiger partial charge < -0.3 is 14.6 Å². The second kappa shape index (κ2) is 8.00. The Labute approximate surface area is 125 Å². The van der Waals surface area contributed by atoms with Gasteiger partial charge in [0.2, 0.25) is 0 Å². The van der Waals surface area contributed by atoms with Crippen LogP contribution in [0.2, 0.25) is 0 Å². The van der Waals surface area contributed by atoms with Crippen molar-refractivity contribution in [2.45, 2.75) is 31.9 Å². The molecule has 1 atom stereocenters. The van der Waals surface area contributed by atoms with E-state index in [9.17, 15) is 9.90 Å². The molecule has 0 aliphatic carbocycles. The predicted molar refractivity (Wildman–Crippen MR) is 79.0 cm³/mol. The normalized spacial score (nSPS) is 18.1. The molecular formula is C16H23NO4. The van der Waals surface area contributed by atoms with Crippen molar-refractivity contribution in [3.63, 3.8) is 0 Å². The van der Waals surface area contributed by atoms with Gasteiger partial charge in [-0.15, -0.1) is 0 Å². The molecule has 1 heterocycles. The highest BCUT2D eigenvalue weighted by atomic mass is 16.5. The van der Waals surface area contributed by atoms with Crippen molar-refractivity contribution in [1.82, 2.24) is 4.90 Å². The van der Waals surface area contributed by atoms with Crippen molar-refractivity contribution < 1.29 is 19.4 Å². The molecule has 1 unspecified atom stereocenters. The van der Waals surface area contributed by atoms with Crippen LogP contribution in [-0.4, -0.2) is 48.9 Å². The molecule has 5 heteroatoms. The Balaban J connectivity index is 1.94. The van der Waals surface area contributed by atoms with Crippen LogP contribution in [0.5, 0.6) is 5.75 Å². The summed E-state index contributed by atoms with van der Waals surface area (Å²) in [6, 6.07) is 7.21. The molecule has 1 aliphatic heterocycles. The fourth-order valence-electron chi connectivity index (χ4n) is 2.58. The smallest absolute Gasteiger partial charge is 0.306 e. The van der Waals surface area contributed by atoms with Gasteiger partial charge in [0.05, 0.1) is 19.6 Å².